The number of hydrogen-bond donors (Lipinski definition) is 0. The van der Waals surface area contributed by atoms with E-state index >= 15 is 0 Å². The van der Waals surface area contributed by atoms with Crippen LogP contribution >= 0.6 is 0 Å². The van der Waals surface area contributed by atoms with E-state index < -0.39 is 11.7 Å². The van der Waals surface area contributed by atoms with Crippen molar-refractivity contribution in [2.45, 2.75) is 39.8 Å². The third kappa shape index (κ3) is 10.7. The van der Waals surface area contributed by atoms with Crippen molar-refractivity contribution in [3.63, 3.8) is 0 Å². The Hall–Kier alpha value is -2.14. The van der Waals surface area contributed by atoms with Crippen LogP contribution in [0.4, 0.5) is 13.2 Å². The molecule has 1 rings (SSSR count). The van der Waals surface area contributed by atoms with Crippen LogP contribution in [0.3, 0.4) is 0 Å². The molecule has 5 heteroatoms. The van der Waals surface area contributed by atoms with Crippen molar-refractivity contribution in [3.8, 4) is 0 Å². The average Bonchev–Trinajstić information content (AvgIpc) is 2.61. The van der Waals surface area contributed by atoms with Crippen LogP contribution in [0.5, 0.6) is 0 Å². The molecule has 0 aliphatic heterocycles. The van der Waals surface area contributed by atoms with Crippen molar-refractivity contribution in [1.29, 1.82) is 0 Å². The molecule has 0 radical (unpaired) electrons. The number of carbonyl (C=O) groups is 1. The summed E-state index contributed by atoms with van der Waals surface area (Å²) < 4.78 is 43.8. The molecule has 0 saturated heterocycles. The van der Waals surface area contributed by atoms with Crippen LogP contribution in [0.1, 0.15) is 38.3 Å². The van der Waals surface area contributed by atoms with E-state index in [9.17, 15) is 18.0 Å². The molecular weight excluding hydrogens is 341 g/mol. The van der Waals surface area contributed by atoms with Crippen molar-refractivity contribution >= 4 is 5.78 Å². The number of allylic oxidation sites excluding steroid dienone is 4. The monoisotopic (exact) mass is 368 g/mol. The number of benzene rings is 1. The predicted octanol–water partition coefficient (Wildman–Crippen LogP) is 5.94. The van der Waals surface area contributed by atoms with E-state index in [0.717, 1.165) is 6.07 Å². The lowest BCUT2D eigenvalue weighted by molar-refractivity contribution is -0.138. The lowest BCUT2D eigenvalue weighted by atomic mass is 10.0. The zero-order valence-electron chi connectivity index (χ0n) is 15.6. The molecular formula is C21H27F3O2. The van der Waals surface area contributed by atoms with Crippen molar-refractivity contribution in [2.24, 2.45) is 0 Å². The zero-order chi connectivity index (χ0) is 19.8. The summed E-state index contributed by atoms with van der Waals surface area (Å²) >= 11 is 0. The van der Waals surface area contributed by atoms with Gasteiger partial charge in [0.1, 0.15) is 5.78 Å². The van der Waals surface area contributed by atoms with E-state index in [1.807, 2.05) is 32.9 Å². The maximum Gasteiger partial charge on any atom is 0.416 e. The largest absolute Gasteiger partial charge is 0.416 e. The lowest BCUT2D eigenvalue weighted by Gasteiger charge is -2.11. The highest BCUT2D eigenvalue weighted by atomic mass is 19.4. The highest BCUT2D eigenvalue weighted by molar-refractivity contribution is 5.82. The summed E-state index contributed by atoms with van der Waals surface area (Å²) in [7, 11) is 0. The molecule has 0 aliphatic carbocycles. The van der Waals surface area contributed by atoms with E-state index in [-0.39, 0.29) is 24.2 Å². The standard InChI is InChI=1S/C19H21F3O2.C2H6/c1-2-3-13-24-14-9-5-4-6-11-17(23)15-16-10-7-8-12-18(16)19(20,21)22;1-2/h2-10,12H,11,13-15H2,1H3;1-2H3/b3-2-,6-4-,9-5-;. The number of Topliss-reactive ketones (excluding diaryl/α,β-unsaturated/α-hetero) is 1. The van der Waals surface area contributed by atoms with Gasteiger partial charge in [0, 0.05) is 12.8 Å². The Bertz CT molecular complexity index is 600. The minimum Gasteiger partial charge on any atom is -0.373 e. The Morgan fingerprint density at radius 3 is 2.31 bits per heavy atom. The number of ether oxygens (including phenoxy) is 1. The van der Waals surface area contributed by atoms with Crippen LogP contribution in [-0.2, 0) is 22.1 Å². The number of ketones is 1. The molecule has 2 nitrogen and oxygen atoms in total. The van der Waals surface area contributed by atoms with Gasteiger partial charge in [0.25, 0.3) is 0 Å². The van der Waals surface area contributed by atoms with Gasteiger partial charge in [-0.05, 0) is 18.6 Å². The van der Waals surface area contributed by atoms with Crippen molar-refractivity contribution in [1.82, 2.24) is 0 Å². The van der Waals surface area contributed by atoms with Crippen molar-refractivity contribution in [3.05, 3.63) is 71.8 Å². The smallest absolute Gasteiger partial charge is 0.373 e. The Kier molecular flexibility index (Phi) is 12.9. The minimum atomic E-state index is -4.44. The van der Waals surface area contributed by atoms with Crippen molar-refractivity contribution in [2.75, 3.05) is 13.2 Å². The molecule has 0 N–H and O–H groups in total. The summed E-state index contributed by atoms with van der Waals surface area (Å²) in [6.07, 6.45) is 6.06. The van der Waals surface area contributed by atoms with E-state index in [0.29, 0.717) is 13.2 Å². The molecule has 0 aromatic heterocycles. The third-order valence-corrected chi connectivity index (χ3v) is 3.10. The van der Waals surface area contributed by atoms with E-state index in [1.165, 1.54) is 18.2 Å². The maximum absolute atomic E-state index is 12.9. The predicted molar refractivity (Wildman–Crippen MR) is 100 cm³/mol. The molecule has 1 aromatic rings. The summed E-state index contributed by atoms with van der Waals surface area (Å²) in [6.45, 7) is 6.91. The van der Waals surface area contributed by atoms with Gasteiger partial charge in [-0.15, -0.1) is 0 Å². The van der Waals surface area contributed by atoms with Gasteiger partial charge in [-0.1, -0.05) is 68.5 Å². The van der Waals surface area contributed by atoms with Crippen LogP contribution < -0.4 is 0 Å². The van der Waals surface area contributed by atoms with Gasteiger partial charge in [-0.25, -0.2) is 0 Å². The number of carbonyl (C=O) groups excluding carboxylic acids is 1. The summed E-state index contributed by atoms with van der Waals surface area (Å²) in [5.41, 5.74) is -0.739. The minimum absolute atomic E-state index is 0.0105. The molecule has 0 amide bonds. The number of hydrogen-bond acceptors (Lipinski definition) is 2. The zero-order valence-corrected chi connectivity index (χ0v) is 15.6. The Balaban J connectivity index is 0.00000301. The third-order valence-electron chi connectivity index (χ3n) is 3.10. The molecule has 0 fully saturated rings. The molecule has 0 atom stereocenters. The molecule has 144 valence electrons. The molecule has 26 heavy (non-hydrogen) atoms. The first-order valence-electron chi connectivity index (χ1n) is 8.62. The fourth-order valence-corrected chi connectivity index (χ4v) is 1.95. The van der Waals surface area contributed by atoms with Gasteiger partial charge < -0.3 is 4.74 Å². The van der Waals surface area contributed by atoms with Gasteiger partial charge in [-0.2, -0.15) is 13.2 Å². The van der Waals surface area contributed by atoms with E-state index in [1.54, 1.807) is 24.3 Å². The van der Waals surface area contributed by atoms with Crippen LogP contribution in [-0.4, -0.2) is 19.0 Å². The van der Waals surface area contributed by atoms with Crippen LogP contribution in [0, 0.1) is 0 Å². The second kappa shape index (κ2) is 14.1. The first-order valence-corrected chi connectivity index (χ1v) is 8.62. The summed E-state index contributed by atoms with van der Waals surface area (Å²) in [5, 5.41) is 0. The Morgan fingerprint density at radius 2 is 1.65 bits per heavy atom. The normalized spacial score (nSPS) is 11.9. The molecule has 1 aromatic carbocycles. The molecule has 0 heterocycles. The topological polar surface area (TPSA) is 26.3 Å². The number of rotatable bonds is 9. The second-order valence-corrected chi connectivity index (χ2v) is 5.04. The molecule has 0 saturated carbocycles. The van der Waals surface area contributed by atoms with Gasteiger partial charge in [-0.3, -0.25) is 4.79 Å². The second-order valence-electron chi connectivity index (χ2n) is 5.04. The Morgan fingerprint density at radius 1 is 1.04 bits per heavy atom. The van der Waals surface area contributed by atoms with Gasteiger partial charge in [0.2, 0.25) is 0 Å². The molecule has 0 spiro atoms. The quantitative estimate of drug-likeness (QED) is 0.306. The van der Waals surface area contributed by atoms with Gasteiger partial charge in [0.15, 0.2) is 0 Å². The highest BCUT2D eigenvalue weighted by Gasteiger charge is 2.33. The fraction of sp³-hybridized carbons (Fsp3) is 0.381. The lowest BCUT2D eigenvalue weighted by Crippen LogP contribution is -2.12. The van der Waals surface area contributed by atoms with Gasteiger partial charge in [0.05, 0.1) is 18.8 Å². The van der Waals surface area contributed by atoms with Gasteiger partial charge >= 0.3 is 6.18 Å². The number of alkyl halides is 3. The summed E-state index contributed by atoms with van der Waals surface area (Å²) in [4.78, 5) is 11.8. The molecule has 0 aliphatic rings. The summed E-state index contributed by atoms with van der Waals surface area (Å²) in [5.74, 6) is -0.263. The first kappa shape index (κ1) is 23.9. The van der Waals surface area contributed by atoms with E-state index in [2.05, 4.69) is 0 Å². The van der Waals surface area contributed by atoms with Crippen LogP contribution in [0.15, 0.2) is 60.7 Å². The van der Waals surface area contributed by atoms with Crippen LogP contribution in [0.25, 0.3) is 0 Å². The SMILES string of the molecule is C/C=C\COC/C=C\C=C/CC(=O)Cc1ccccc1C(F)(F)F.CC. The number of halogens is 3. The van der Waals surface area contributed by atoms with E-state index in [4.69, 9.17) is 4.74 Å². The summed E-state index contributed by atoms with van der Waals surface area (Å²) in [6, 6.07) is 5.16. The average molecular weight is 368 g/mol. The van der Waals surface area contributed by atoms with Crippen molar-refractivity contribution < 1.29 is 22.7 Å². The Labute approximate surface area is 154 Å². The first-order chi connectivity index (χ1) is 12.4. The maximum atomic E-state index is 12.9. The molecule has 0 unspecified atom stereocenters. The molecule has 0 bridgehead atoms. The van der Waals surface area contributed by atoms with Crippen LogP contribution in [0.2, 0.25) is 0 Å². The highest BCUT2D eigenvalue weighted by Crippen LogP contribution is 2.32. The fourth-order valence-electron chi connectivity index (χ4n) is 1.95.